The maximum atomic E-state index is 11.4. The maximum absolute atomic E-state index is 11.4. The van der Waals surface area contributed by atoms with E-state index in [1.54, 1.807) is 0 Å². The van der Waals surface area contributed by atoms with Crippen molar-refractivity contribution in [2.75, 3.05) is 52.9 Å². The Morgan fingerprint density at radius 2 is 2.07 bits per heavy atom. The van der Waals surface area contributed by atoms with Crippen molar-refractivity contribution in [3.05, 3.63) is 0 Å². The molecule has 0 aromatic carbocycles. The number of rotatable bonds is 5. The Labute approximate surface area is 90.3 Å². The van der Waals surface area contributed by atoms with Crippen LogP contribution in [0.2, 0.25) is 0 Å². The summed E-state index contributed by atoms with van der Waals surface area (Å²) in [7, 11) is 2.09. The van der Waals surface area contributed by atoms with Gasteiger partial charge in [-0.1, -0.05) is 0 Å². The van der Waals surface area contributed by atoms with E-state index in [4.69, 9.17) is 5.90 Å². The molecule has 0 radical (unpaired) electrons. The molecule has 3 N–H and O–H groups in total. The second-order valence-electron chi connectivity index (χ2n) is 3.80. The Kier molecular flexibility index (Phi) is 5.56. The van der Waals surface area contributed by atoms with Crippen LogP contribution in [-0.2, 0) is 9.63 Å². The van der Waals surface area contributed by atoms with E-state index in [9.17, 15) is 4.79 Å². The first-order valence-corrected chi connectivity index (χ1v) is 5.21. The highest BCUT2D eigenvalue weighted by molar-refractivity contribution is 5.77. The topological polar surface area (TPSA) is 70.8 Å². The molecule has 15 heavy (non-hydrogen) atoms. The summed E-state index contributed by atoms with van der Waals surface area (Å²) in [6, 6.07) is 0. The maximum Gasteiger partial charge on any atom is 0.234 e. The first-order chi connectivity index (χ1) is 7.22. The highest BCUT2D eigenvalue weighted by Gasteiger charge is 2.15. The molecule has 1 saturated heterocycles. The van der Waals surface area contributed by atoms with Crippen LogP contribution in [0.1, 0.15) is 0 Å². The summed E-state index contributed by atoms with van der Waals surface area (Å²) in [6.45, 7) is 5.27. The van der Waals surface area contributed by atoms with Gasteiger partial charge in [0, 0.05) is 32.7 Å². The van der Waals surface area contributed by atoms with Crippen molar-refractivity contribution in [2.45, 2.75) is 0 Å². The van der Waals surface area contributed by atoms with Crippen LogP contribution in [0.25, 0.3) is 0 Å². The van der Waals surface area contributed by atoms with E-state index in [1.807, 2.05) is 0 Å². The van der Waals surface area contributed by atoms with E-state index in [0.717, 1.165) is 26.2 Å². The highest BCUT2D eigenvalue weighted by Crippen LogP contribution is 1.97. The molecule has 88 valence electrons. The number of carbonyl (C=O) groups excluding carboxylic acids is 1. The summed E-state index contributed by atoms with van der Waals surface area (Å²) < 4.78 is 0. The van der Waals surface area contributed by atoms with Gasteiger partial charge in [-0.25, -0.2) is 5.90 Å². The largest absolute Gasteiger partial charge is 0.353 e. The molecule has 1 aliphatic heterocycles. The lowest BCUT2D eigenvalue weighted by Crippen LogP contribution is -2.48. The van der Waals surface area contributed by atoms with Gasteiger partial charge in [0.05, 0.1) is 13.2 Å². The third kappa shape index (κ3) is 5.08. The number of carbonyl (C=O) groups is 1. The molecule has 6 heteroatoms. The summed E-state index contributed by atoms with van der Waals surface area (Å²) in [6.07, 6.45) is 0. The quantitative estimate of drug-likeness (QED) is 0.249. The Morgan fingerprint density at radius 1 is 1.40 bits per heavy atom. The minimum absolute atomic E-state index is 0.0385. The molecule has 0 saturated carbocycles. The van der Waals surface area contributed by atoms with Gasteiger partial charge in [-0.05, 0) is 7.05 Å². The Hall–Kier alpha value is -0.690. The summed E-state index contributed by atoms with van der Waals surface area (Å²) in [5, 5.41) is 2.74. The second-order valence-corrected chi connectivity index (χ2v) is 3.80. The lowest BCUT2D eigenvalue weighted by Gasteiger charge is -2.31. The molecule has 1 heterocycles. The smallest absolute Gasteiger partial charge is 0.234 e. The molecule has 0 aromatic heterocycles. The number of nitrogens with two attached hydrogens (primary N) is 1. The van der Waals surface area contributed by atoms with Gasteiger partial charge < -0.3 is 15.1 Å². The molecule has 1 rings (SSSR count). The molecule has 0 aromatic rings. The first-order valence-electron chi connectivity index (χ1n) is 5.21. The fraction of sp³-hybridized carbons (Fsp3) is 0.889. The van der Waals surface area contributed by atoms with E-state index in [1.165, 1.54) is 0 Å². The lowest BCUT2D eigenvalue weighted by atomic mass is 10.6. The fourth-order valence-electron chi connectivity index (χ4n) is 1.51. The zero-order valence-corrected chi connectivity index (χ0v) is 9.24. The highest BCUT2D eigenvalue weighted by atomic mass is 16.6. The van der Waals surface area contributed by atoms with Gasteiger partial charge in [0.2, 0.25) is 5.91 Å². The number of nitrogens with zero attached hydrogens (tertiary/aromatic N) is 2. The standard InChI is InChI=1S/C9H20N4O2/c1-12-3-5-13(6-4-12)8-9(14)11-2-7-15-10/h2-8,10H2,1H3,(H,11,14)/i3+1,5+1,8+1,13+1. The third-order valence-corrected chi connectivity index (χ3v) is 2.51. The predicted octanol–water partition coefficient (Wildman–Crippen LogP) is -1.76. The molecule has 1 amide bonds. The van der Waals surface area contributed by atoms with Crippen molar-refractivity contribution >= 4 is 5.91 Å². The fourth-order valence-corrected chi connectivity index (χ4v) is 1.51. The summed E-state index contributed by atoms with van der Waals surface area (Å²) in [5.74, 6) is 4.89. The molecule has 1 aliphatic rings. The van der Waals surface area contributed by atoms with Crippen LogP contribution in [0.15, 0.2) is 0 Å². The van der Waals surface area contributed by atoms with Crippen LogP contribution in [0.4, 0.5) is 0 Å². The van der Waals surface area contributed by atoms with Crippen molar-refractivity contribution in [3.8, 4) is 0 Å². The van der Waals surface area contributed by atoms with Crippen LogP contribution in [0.5, 0.6) is 0 Å². The first kappa shape index (κ1) is 12.4. The molecular formula is C9H20N4O2. The molecule has 1 fully saturated rings. The van der Waals surface area contributed by atoms with Crippen LogP contribution in [0.3, 0.4) is 0 Å². The van der Waals surface area contributed by atoms with E-state index in [-0.39, 0.29) is 5.91 Å². The van der Waals surface area contributed by atoms with Gasteiger partial charge in [-0.15, -0.1) is 0 Å². The predicted molar refractivity (Wildman–Crippen MR) is 57.1 cm³/mol. The average Bonchev–Trinajstić information content (AvgIpc) is 2.22. The monoisotopic (exact) mass is 220 g/mol. The van der Waals surface area contributed by atoms with Gasteiger partial charge in [-0.2, -0.15) is 0 Å². The third-order valence-electron chi connectivity index (χ3n) is 2.51. The van der Waals surface area contributed by atoms with E-state index < -0.39 is 0 Å². The van der Waals surface area contributed by atoms with Crippen molar-refractivity contribution < 1.29 is 9.63 Å². The minimum atomic E-state index is 0.0385. The number of amides is 1. The van der Waals surface area contributed by atoms with Crippen LogP contribution < -0.4 is 11.2 Å². The summed E-state index contributed by atoms with van der Waals surface area (Å²) >= 11 is 0. The van der Waals surface area contributed by atoms with Gasteiger partial charge >= 0.3 is 0 Å². The zero-order valence-electron chi connectivity index (χ0n) is 9.24. The number of hydrogen-bond acceptors (Lipinski definition) is 5. The molecule has 0 aliphatic carbocycles. The van der Waals surface area contributed by atoms with E-state index in [0.29, 0.717) is 19.7 Å². The van der Waals surface area contributed by atoms with E-state index >= 15 is 0 Å². The normalized spacial score (nSPS) is 19.1. The van der Waals surface area contributed by atoms with Gasteiger partial charge in [0.25, 0.3) is 0 Å². The lowest BCUT2D eigenvalue weighted by molar-refractivity contribution is -0.122. The van der Waals surface area contributed by atoms with Crippen LogP contribution in [-0.4, -0.2) is 68.6 Å². The number of likely N-dealkylation sites (N-methyl/N-ethyl adjacent to an activating group) is 1. The minimum Gasteiger partial charge on any atom is -0.353 e. The number of nitrogens with one attached hydrogen (secondary N) is 1. The molecule has 0 unspecified atom stereocenters. The average molecular weight is 220 g/mol. The van der Waals surface area contributed by atoms with Crippen LogP contribution in [0, 0.1) is 0 Å². The number of hydrogen-bond donors (Lipinski definition) is 2. The van der Waals surface area contributed by atoms with Gasteiger partial charge in [-0.3, -0.25) is 9.69 Å². The van der Waals surface area contributed by atoms with Crippen molar-refractivity contribution in [2.24, 2.45) is 5.90 Å². The molecule has 0 atom stereocenters. The Morgan fingerprint density at radius 3 is 2.67 bits per heavy atom. The van der Waals surface area contributed by atoms with Gasteiger partial charge in [0.15, 0.2) is 0 Å². The van der Waals surface area contributed by atoms with E-state index in [2.05, 4.69) is 27.0 Å². The molecule has 6 nitrogen and oxygen atoms in total. The Balaban J connectivity index is 2.09. The van der Waals surface area contributed by atoms with Crippen molar-refractivity contribution in [1.82, 2.24) is 15.1 Å². The van der Waals surface area contributed by atoms with Crippen molar-refractivity contribution in [1.29, 1.82) is 0 Å². The van der Waals surface area contributed by atoms with Gasteiger partial charge in [0.1, 0.15) is 0 Å². The Bertz CT molecular complexity index is 193. The van der Waals surface area contributed by atoms with Crippen LogP contribution >= 0.6 is 0 Å². The number of piperazine rings is 1. The summed E-state index contributed by atoms with van der Waals surface area (Å²) in [4.78, 5) is 20.2. The molecule has 0 spiro atoms. The zero-order chi connectivity index (χ0) is 11.1. The second kappa shape index (κ2) is 6.73. The van der Waals surface area contributed by atoms with Crippen molar-refractivity contribution in [3.63, 3.8) is 0 Å². The molecule has 0 bridgehead atoms. The SMILES string of the molecule is CN1CC[15N]([13CH2]C(=O)NCCON)[13CH2][13CH2]1. The molecular weight excluding hydrogens is 200 g/mol. The summed E-state index contributed by atoms with van der Waals surface area (Å²) in [5.41, 5.74) is 0.